The van der Waals surface area contributed by atoms with E-state index in [9.17, 15) is 22.4 Å². The van der Waals surface area contributed by atoms with E-state index in [0.29, 0.717) is 28.2 Å². The molecule has 1 saturated heterocycles. The number of carbonyl (C=O) groups is 2. The molecule has 2 heterocycles. The number of hydrogen-bond acceptors (Lipinski definition) is 6. The summed E-state index contributed by atoms with van der Waals surface area (Å²) in [6.45, 7) is 0.0863. The van der Waals surface area contributed by atoms with Gasteiger partial charge in [-0.1, -0.05) is 22.9 Å². The third kappa shape index (κ3) is 5.07. The molecular formula is C22H21ClFN3O5S2. The normalized spacial score (nSPS) is 17.7. The molecule has 1 fully saturated rings. The summed E-state index contributed by atoms with van der Waals surface area (Å²) in [6, 6.07) is 9.71. The molecule has 4 rings (SSSR count). The molecule has 8 nitrogen and oxygen atoms in total. The van der Waals surface area contributed by atoms with Crippen LogP contribution in [-0.4, -0.2) is 49.4 Å². The zero-order valence-electron chi connectivity index (χ0n) is 18.1. The van der Waals surface area contributed by atoms with Crippen molar-refractivity contribution >= 4 is 55.1 Å². The van der Waals surface area contributed by atoms with Crippen molar-refractivity contribution in [3.8, 4) is 0 Å². The largest absolute Gasteiger partial charge is 0.468 e. The molecule has 34 heavy (non-hydrogen) atoms. The second-order valence-electron chi connectivity index (χ2n) is 7.77. The summed E-state index contributed by atoms with van der Waals surface area (Å²) in [5, 5.41) is 0.505. The lowest BCUT2D eigenvalue weighted by Crippen LogP contribution is -2.42. The summed E-state index contributed by atoms with van der Waals surface area (Å²) in [6.07, 6.45) is 0.960. The maximum absolute atomic E-state index is 13.2. The highest BCUT2D eigenvalue weighted by Gasteiger charge is 2.33. The van der Waals surface area contributed by atoms with Crippen LogP contribution in [0.15, 0.2) is 52.4 Å². The second kappa shape index (κ2) is 9.95. The highest BCUT2D eigenvalue weighted by Crippen LogP contribution is 2.26. The molecule has 1 amide bonds. The molecule has 0 saturated carbocycles. The summed E-state index contributed by atoms with van der Waals surface area (Å²) in [5.41, 5.74) is 0.676. The van der Waals surface area contributed by atoms with E-state index >= 15 is 0 Å². The number of piperidine rings is 1. The van der Waals surface area contributed by atoms with Crippen LogP contribution in [0.1, 0.15) is 12.8 Å². The van der Waals surface area contributed by atoms with Gasteiger partial charge < -0.3 is 9.30 Å². The number of benzene rings is 2. The van der Waals surface area contributed by atoms with Crippen LogP contribution in [-0.2, 0) is 30.9 Å². The van der Waals surface area contributed by atoms with E-state index in [1.54, 1.807) is 22.8 Å². The number of hydrogen-bond donors (Lipinski definition) is 0. The zero-order chi connectivity index (χ0) is 24.5. The predicted molar refractivity (Wildman–Crippen MR) is 125 cm³/mol. The van der Waals surface area contributed by atoms with E-state index in [-0.39, 0.29) is 24.5 Å². The molecule has 12 heteroatoms. The van der Waals surface area contributed by atoms with Gasteiger partial charge in [-0.25, -0.2) is 12.8 Å². The van der Waals surface area contributed by atoms with Gasteiger partial charge in [0.25, 0.3) is 5.91 Å². The van der Waals surface area contributed by atoms with Crippen LogP contribution in [0.5, 0.6) is 0 Å². The standard InChI is InChI=1S/C22H21ClFN3O5S2/c1-32-20(28)13-27-18-9-4-15(23)11-19(18)33-22(27)25-21(29)14-3-2-10-26(12-14)34(30,31)17-7-5-16(24)6-8-17/h4-9,11,14H,2-3,10,12-13H2,1H3. The number of thiazole rings is 1. The van der Waals surface area contributed by atoms with Crippen LogP contribution in [0.3, 0.4) is 0 Å². The Bertz CT molecular complexity index is 1420. The van der Waals surface area contributed by atoms with Crippen molar-refractivity contribution in [1.29, 1.82) is 0 Å². The van der Waals surface area contributed by atoms with Crippen LogP contribution in [0.4, 0.5) is 4.39 Å². The van der Waals surface area contributed by atoms with E-state index < -0.39 is 33.6 Å². The van der Waals surface area contributed by atoms with Gasteiger partial charge in [0.15, 0.2) is 4.80 Å². The van der Waals surface area contributed by atoms with Crippen molar-refractivity contribution in [2.45, 2.75) is 24.3 Å². The lowest BCUT2D eigenvalue weighted by atomic mass is 9.99. The average Bonchev–Trinajstić information content (AvgIpc) is 3.14. The Balaban J connectivity index is 1.64. The quantitative estimate of drug-likeness (QED) is 0.476. The number of fused-ring (bicyclic) bond motifs is 1. The molecule has 0 N–H and O–H groups in total. The molecule has 1 aliphatic rings. The van der Waals surface area contributed by atoms with Crippen LogP contribution in [0.25, 0.3) is 10.2 Å². The summed E-state index contributed by atoms with van der Waals surface area (Å²) < 4.78 is 47.5. The first kappa shape index (κ1) is 24.5. The first-order valence-corrected chi connectivity index (χ1v) is 13.0. The maximum Gasteiger partial charge on any atom is 0.325 e. The van der Waals surface area contributed by atoms with Crippen molar-refractivity contribution in [3.05, 3.63) is 58.1 Å². The van der Waals surface area contributed by atoms with Gasteiger partial charge in [0.2, 0.25) is 10.0 Å². The molecule has 1 aromatic heterocycles. The molecule has 3 aromatic rings. The minimum Gasteiger partial charge on any atom is -0.468 e. The number of esters is 1. The van der Waals surface area contributed by atoms with Gasteiger partial charge in [0, 0.05) is 18.1 Å². The van der Waals surface area contributed by atoms with Crippen molar-refractivity contribution in [2.75, 3.05) is 20.2 Å². The first-order valence-electron chi connectivity index (χ1n) is 10.4. The molecule has 0 spiro atoms. The Labute approximate surface area is 204 Å². The van der Waals surface area contributed by atoms with Crippen molar-refractivity contribution in [1.82, 2.24) is 8.87 Å². The van der Waals surface area contributed by atoms with E-state index in [1.165, 1.54) is 34.9 Å². The van der Waals surface area contributed by atoms with Gasteiger partial charge in [0.1, 0.15) is 12.4 Å². The van der Waals surface area contributed by atoms with E-state index in [1.807, 2.05) is 0 Å². The number of nitrogens with zero attached hydrogens (tertiary/aromatic N) is 3. The smallest absolute Gasteiger partial charge is 0.325 e. The Morgan fingerprint density at radius 3 is 2.68 bits per heavy atom. The number of amides is 1. The maximum atomic E-state index is 13.2. The number of halogens is 2. The molecule has 2 aromatic carbocycles. The minimum absolute atomic E-state index is 0.0313. The first-order chi connectivity index (χ1) is 16.2. The number of carbonyl (C=O) groups excluding carboxylic acids is 2. The SMILES string of the molecule is COC(=O)Cn1c(=NC(=O)C2CCCN(S(=O)(=O)c3ccc(F)cc3)C2)sc2cc(Cl)ccc21. The van der Waals surface area contributed by atoms with Gasteiger partial charge >= 0.3 is 5.97 Å². The average molecular weight is 526 g/mol. The van der Waals surface area contributed by atoms with Gasteiger partial charge in [-0.05, 0) is 55.3 Å². The third-order valence-corrected chi connectivity index (χ3v) is 8.71. The van der Waals surface area contributed by atoms with Gasteiger partial charge in [0.05, 0.1) is 28.1 Å². The number of aromatic nitrogens is 1. The number of methoxy groups -OCH3 is 1. The number of ether oxygens (including phenoxy) is 1. The molecule has 0 radical (unpaired) electrons. The van der Waals surface area contributed by atoms with Crippen LogP contribution < -0.4 is 4.80 Å². The fourth-order valence-electron chi connectivity index (χ4n) is 3.78. The lowest BCUT2D eigenvalue weighted by molar-refractivity contribution is -0.141. The van der Waals surface area contributed by atoms with Crippen LogP contribution in [0, 0.1) is 11.7 Å². The summed E-state index contributed by atoms with van der Waals surface area (Å²) in [5.74, 6) is -2.16. The Morgan fingerprint density at radius 1 is 1.24 bits per heavy atom. The summed E-state index contributed by atoms with van der Waals surface area (Å²) >= 11 is 7.29. The van der Waals surface area contributed by atoms with E-state index in [4.69, 9.17) is 16.3 Å². The minimum atomic E-state index is -3.88. The molecule has 1 aliphatic heterocycles. The van der Waals surface area contributed by atoms with E-state index in [0.717, 1.165) is 16.8 Å². The second-order valence-corrected chi connectivity index (χ2v) is 11.1. The van der Waals surface area contributed by atoms with Crippen molar-refractivity contribution in [3.63, 3.8) is 0 Å². The Morgan fingerprint density at radius 2 is 1.97 bits per heavy atom. The van der Waals surface area contributed by atoms with E-state index in [2.05, 4.69) is 4.99 Å². The lowest BCUT2D eigenvalue weighted by Gasteiger charge is -2.30. The number of rotatable bonds is 5. The molecule has 180 valence electrons. The van der Waals surface area contributed by atoms with Gasteiger partial charge in [-0.2, -0.15) is 9.30 Å². The summed E-state index contributed by atoms with van der Waals surface area (Å²) in [4.78, 5) is 29.6. The number of sulfonamides is 1. The zero-order valence-corrected chi connectivity index (χ0v) is 20.5. The fourth-order valence-corrected chi connectivity index (χ4v) is 6.62. The highest BCUT2D eigenvalue weighted by atomic mass is 35.5. The highest BCUT2D eigenvalue weighted by molar-refractivity contribution is 7.89. The van der Waals surface area contributed by atoms with Crippen LogP contribution in [0.2, 0.25) is 5.02 Å². The van der Waals surface area contributed by atoms with Gasteiger partial charge in [-0.3, -0.25) is 9.59 Å². The molecule has 1 atom stereocenters. The Hall–Kier alpha value is -2.60. The molecule has 0 aliphatic carbocycles. The molecular weight excluding hydrogens is 505 g/mol. The Kier molecular flexibility index (Phi) is 7.17. The summed E-state index contributed by atoms with van der Waals surface area (Å²) in [7, 11) is -2.60. The molecule has 0 bridgehead atoms. The fraction of sp³-hybridized carbons (Fsp3) is 0.318. The monoisotopic (exact) mass is 525 g/mol. The van der Waals surface area contributed by atoms with Crippen molar-refractivity contribution < 1.29 is 27.1 Å². The third-order valence-electron chi connectivity index (χ3n) is 5.55. The predicted octanol–water partition coefficient (Wildman–Crippen LogP) is 3.20. The molecule has 1 unspecified atom stereocenters. The van der Waals surface area contributed by atoms with Crippen LogP contribution >= 0.6 is 22.9 Å². The van der Waals surface area contributed by atoms with Crippen molar-refractivity contribution in [2.24, 2.45) is 10.9 Å². The topological polar surface area (TPSA) is 98.0 Å². The van der Waals surface area contributed by atoms with Gasteiger partial charge in [-0.15, -0.1) is 0 Å².